The second kappa shape index (κ2) is 4.85. The van der Waals surface area contributed by atoms with Gasteiger partial charge in [-0.05, 0) is 5.92 Å². The molecule has 1 aromatic rings. The van der Waals surface area contributed by atoms with Crippen molar-refractivity contribution in [1.82, 2.24) is 15.0 Å². The van der Waals surface area contributed by atoms with Crippen molar-refractivity contribution in [2.24, 2.45) is 11.7 Å². The van der Waals surface area contributed by atoms with E-state index in [1.807, 2.05) is 13.8 Å². The van der Waals surface area contributed by atoms with Crippen molar-refractivity contribution in [1.29, 1.82) is 0 Å². The maximum absolute atomic E-state index is 11.5. The Hall–Kier alpha value is -1.23. The molecule has 0 radical (unpaired) electrons. The number of hydrogen-bond donors (Lipinski definition) is 1. The van der Waals surface area contributed by atoms with E-state index in [1.165, 1.54) is 0 Å². The van der Waals surface area contributed by atoms with Crippen molar-refractivity contribution >= 4 is 5.78 Å². The summed E-state index contributed by atoms with van der Waals surface area (Å²) < 4.78 is 1.59. The summed E-state index contributed by atoms with van der Waals surface area (Å²) in [6, 6.07) is 0. The molecule has 5 nitrogen and oxygen atoms in total. The third-order valence-corrected chi connectivity index (χ3v) is 1.78. The maximum Gasteiger partial charge on any atom is 0.184 e. The quantitative estimate of drug-likeness (QED) is 0.694. The second-order valence-electron chi connectivity index (χ2n) is 3.68. The molecule has 5 heteroatoms. The number of nitrogens with zero attached hydrogens (tertiary/aromatic N) is 3. The minimum Gasteiger partial charge on any atom is -0.329 e. The summed E-state index contributed by atoms with van der Waals surface area (Å²) in [5, 5.41) is 7.60. The van der Waals surface area contributed by atoms with E-state index in [1.54, 1.807) is 10.9 Å². The maximum atomic E-state index is 11.5. The lowest BCUT2D eigenvalue weighted by molar-refractivity contribution is 0.0963. The summed E-state index contributed by atoms with van der Waals surface area (Å²) in [5.41, 5.74) is 5.79. The highest BCUT2D eigenvalue weighted by molar-refractivity contribution is 5.93. The molecule has 0 bridgehead atoms. The molecule has 0 amide bonds. The molecule has 2 N–H and O–H groups in total. The van der Waals surface area contributed by atoms with Crippen LogP contribution in [-0.4, -0.2) is 27.3 Å². The lowest BCUT2D eigenvalue weighted by Gasteiger charge is -1.99. The number of Topliss-reactive ketones (excluding diaryl/α,β-unsaturated/α-hetero) is 1. The molecule has 78 valence electrons. The third kappa shape index (κ3) is 2.92. The molecule has 0 saturated carbocycles. The molecule has 14 heavy (non-hydrogen) atoms. The number of rotatable bonds is 5. The first-order chi connectivity index (χ1) is 6.63. The molecule has 1 rings (SSSR count). The van der Waals surface area contributed by atoms with Gasteiger partial charge in [0, 0.05) is 13.0 Å². The number of carbonyl (C=O) groups excluding carboxylic acids is 1. The smallest absolute Gasteiger partial charge is 0.184 e. The first-order valence-electron chi connectivity index (χ1n) is 4.77. The van der Waals surface area contributed by atoms with Crippen LogP contribution >= 0.6 is 0 Å². The number of nitrogens with two attached hydrogens (primary N) is 1. The highest BCUT2D eigenvalue weighted by atomic mass is 16.1. The normalized spacial score (nSPS) is 10.9. The van der Waals surface area contributed by atoms with Crippen LogP contribution in [0, 0.1) is 5.92 Å². The third-order valence-electron chi connectivity index (χ3n) is 1.78. The van der Waals surface area contributed by atoms with E-state index < -0.39 is 0 Å². The summed E-state index contributed by atoms with van der Waals surface area (Å²) in [5.74, 6) is 0.394. The minimum atomic E-state index is 0.0447. The van der Waals surface area contributed by atoms with Gasteiger partial charge in [-0.15, -0.1) is 5.10 Å². The van der Waals surface area contributed by atoms with Crippen molar-refractivity contribution in [3.63, 3.8) is 0 Å². The molecule has 0 spiro atoms. The lowest BCUT2D eigenvalue weighted by Crippen LogP contribution is -2.10. The molecule has 0 atom stereocenters. The molecular formula is C9H16N4O. The van der Waals surface area contributed by atoms with Gasteiger partial charge in [-0.2, -0.15) is 0 Å². The van der Waals surface area contributed by atoms with E-state index in [0.29, 0.717) is 31.1 Å². The van der Waals surface area contributed by atoms with Gasteiger partial charge in [0.2, 0.25) is 0 Å². The highest BCUT2D eigenvalue weighted by Gasteiger charge is 2.11. The number of ketones is 1. The van der Waals surface area contributed by atoms with Crippen molar-refractivity contribution in [2.45, 2.75) is 26.8 Å². The van der Waals surface area contributed by atoms with E-state index in [0.717, 1.165) is 0 Å². The van der Waals surface area contributed by atoms with Gasteiger partial charge in [-0.25, -0.2) is 0 Å². The van der Waals surface area contributed by atoms with Crippen LogP contribution in [0.15, 0.2) is 6.20 Å². The number of aromatic nitrogens is 3. The SMILES string of the molecule is CC(C)CC(=O)c1cn(CCN)nn1. The highest BCUT2D eigenvalue weighted by Crippen LogP contribution is 2.06. The van der Waals surface area contributed by atoms with E-state index in [9.17, 15) is 4.79 Å². The van der Waals surface area contributed by atoms with Crippen molar-refractivity contribution < 1.29 is 4.79 Å². The van der Waals surface area contributed by atoms with Gasteiger partial charge < -0.3 is 5.73 Å². The van der Waals surface area contributed by atoms with Crippen LogP contribution in [0.1, 0.15) is 30.8 Å². The van der Waals surface area contributed by atoms with Gasteiger partial charge in [0.15, 0.2) is 5.78 Å². The molecule has 0 aromatic carbocycles. The first-order valence-corrected chi connectivity index (χ1v) is 4.77. The largest absolute Gasteiger partial charge is 0.329 e. The molecule has 0 aliphatic rings. The standard InChI is InChI=1S/C9H16N4O/c1-7(2)5-9(14)8-6-13(4-3-10)12-11-8/h6-7H,3-5,10H2,1-2H3. The first kappa shape index (κ1) is 10.8. The summed E-state index contributed by atoms with van der Waals surface area (Å²) in [6.07, 6.45) is 2.17. The fourth-order valence-corrected chi connectivity index (χ4v) is 1.14. The summed E-state index contributed by atoms with van der Waals surface area (Å²) >= 11 is 0. The Morgan fingerprint density at radius 3 is 2.93 bits per heavy atom. The Kier molecular flexibility index (Phi) is 3.76. The van der Waals surface area contributed by atoms with Crippen molar-refractivity contribution in [3.05, 3.63) is 11.9 Å². The second-order valence-corrected chi connectivity index (χ2v) is 3.68. The van der Waals surface area contributed by atoms with Crippen LogP contribution in [-0.2, 0) is 6.54 Å². The van der Waals surface area contributed by atoms with Gasteiger partial charge >= 0.3 is 0 Å². The van der Waals surface area contributed by atoms with E-state index in [2.05, 4.69) is 10.3 Å². The van der Waals surface area contributed by atoms with Crippen LogP contribution in [0.4, 0.5) is 0 Å². The zero-order valence-electron chi connectivity index (χ0n) is 8.60. The van der Waals surface area contributed by atoms with Crippen LogP contribution in [0.2, 0.25) is 0 Å². The van der Waals surface area contributed by atoms with E-state index in [-0.39, 0.29) is 5.78 Å². The number of carbonyl (C=O) groups is 1. The Labute approximate surface area is 83.3 Å². The van der Waals surface area contributed by atoms with E-state index in [4.69, 9.17) is 5.73 Å². The van der Waals surface area contributed by atoms with Crippen molar-refractivity contribution in [2.75, 3.05) is 6.54 Å². The van der Waals surface area contributed by atoms with Crippen LogP contribution < -0.4 is 5.73 Å². The summed E-state index contributed by atoms with van der Waals surface area (Å²) in [4.78, 5) is 11.5. The molecule has 1 heterocycles. The van der Waals surface area contributed by atoms with Gasteiger partial charge in [0.25, 0.3) is 0 Å². The fourth-order valence-electron chi connectivity index (χ4n) is 1.14. The van der Waals surface area contributed by atoms with Crippen LogP contribution in [0.5, 0.6) is 0 Å². The van der Waals surface area contributed by atoms with Gasteiger partial charge in [0.05, 0.1) is 12.7 Å². The van der Waals surface area contributed by atoms with Crippen LogP contribution in [0.25, 0.3) is 0 Å². The average Bonchev–Trinajstić information content (AvgIpc) is 2.52. The predicted octanol–water partition coefficient (Wildman–Crippen LogP) is 0.466. The fraction of sp³-hybridized carbons (Fsp3) is 0.667. The molecule has 0 aliphatic carbocycles. The molecule has 0 aliphatic heterocycles. The topological polar surface area (TPSA) is 73.8 Å². The predicted molar refractivity (Wildman–Crippen MR) is 52.9 cm³/mol. The van der Waals surface area contributed by atoms with Crippen molar-refractivity contribution in [3.8, 4) is 0 Å². The summed E-state index contributed by atoms with van der Waals surface area (Å²) in [7, 11) is 0. The van der Waals surface area contributed by atoms with Crippen LogP contribution in [0.3, 0.4) is 0 Å². The van der Waals surface area contributed by atoms with Gasteiger partial charge in [0.1, 0.15) is 5.69 Å². The zero-order chi connectivity index (χ0) is 10.6. The Balaban J connectivity index is 2.62. The lowest BCUT2D eigenvalue weighted by atomic mass is 10.1. The Morgan fingerprint density at radius 2 is 2.36 bits per heavy atom. The molecule has 0 unspecified atom stereocenters. The molecule has 0 fully saturated rings. The monoisotopic (exact) mass is 196 g/mol. The van der Waals surface area contributed by atoms with Gasteiger partial charge in [-0.1, -0.05) is 19.1 Å². The van der Waals surface area contributed by atoms with E-state index >= 15 is 0 Å². The Bertz CT molecular complexity index is 306. The molecule has 1 aromatic heterocycles. The van der Waals surface area contributed by atoms with Gasteiger partial charge in [-0.3, -0.25) is 9.48 Å². The minimum absolute atomic E-state index is 0.0447. The zero-order valence-corrected chi connectivity index (χ0v) is 8.60. The Morgan fingerprint density at radius 1 is 1.64 bits per heavy atom. The number of hydrogen-bond acceptors (Lipinski definition) is 4. The molecular weight excluding hydrogens is 180 g/mol. The average molecular weight is 196 g/mol. The summed E-state index contributed by atoms with van der Waals surface area (Å²) in [6.45, 7) is 5.10. The molecule has 0 saturated heterocycles.